The van der Waals surface area contributed by atoms with Crippen molar-refractivity contribution >= 4 is 40.3 Å². The van der Waals surface area contributed by atoms with Crippen molar-refractivity contribution in [1.82, 2.24) is 4.98 Å². The van der Waals surface area contributed by atoms with Gasteiger partial charge in [0.05, 0.1) is 10.6 Å². The molecule has 0 saturated heterocycles. The van der Waals surface area contributed by atoms with Gasteiger partial charge in [-0.2, -0.15) is 11.8 Å². The van der Waals surface area contributed by atoms with Gasteiger partial charge in [0.2, 0.25) is 0 Å². The molecule has 1 saturated carbocycles. The van der Waals surface area contributed by atoms with E-state index >= 15 is 0 Å². The first-order chi connectivity index (χ1) is 8.16. The van der Waals surface area contributed by atoms with Gasteiger partial charge in [-0.25, -0.2) is 4.98 Å². The topological polar surface area (TPSA) is 38.9 Å². The zero-order valence-electron chi connectivity index (χ0n) is 10.1. The highest BCUT2D eigenvalue weighted by atomic mass is 32.2. The maximum atomic E-state index is 5.66. The second-order valence-electron chi connectivity index (χ2n) is 4.46. The Hall–Kier alpha value is -0.130. The van der Waals surface area contributed by atoms with Crippen LogP contribution in [-0.4, -0.2) is 15.2 Å². The first-order valence-electron chi connectivity index (χ1n) is 6.04. The summed E-state index contributed by atoms with van der Waals surface area (Å²) < 4.78 is 0. The van der Waals surface area contributed by atoms with Crippen LogP contribution in [-0.2, 0) is 5.75 Å². The number of nitrogens with two attached hydrogens (primary N) is 1. The van der Waals surface area contributed by atoms with E-state index in [4.69, 9.17) is 18.0 Å². The fourth-order valence-corrected chi connectivity index (χ4v) is 4.70. The zero-order chi connectivity index (χ0) is 12.3. The number of thiocarbonyl (C=S) groups is 1. The van der Waals surface area contributed by atoms with E-state index in [1.165, 1.54) is 37.1 Å². The predicted molar refractivity (Wildman–Crippen MR) is 80.9 cm³/mol. The number of rotatable bonds is 4. The molecule has 17 heavy (non-hydrogen) atoms. The average molecular weight is 286 g/mol. The lowest BCUT2D eigenvalue weighted by Crippen LogP contribution is -2.08. The molecule has 1 aliphatic carbocycles. The number of aryl methyl sites for hydroxylation is 1. The fourth-order valence-electron chi connectivity index (χ4n) is 2.16. The minimum atomic E-state index is 0.480. The number of thiazole rings is 1. The van der Waals surface area contributed by atoms with Crippen molar-refractivity contribution in [3.8, 4) is 0 Å². The van der Waals surface area contributed by atoms with Gasteiger partial charge in [0, 0.05) is 11.0 Å². The van der Waals surface area contributed by atoms with Crippen LogP contribution >= 0.6 is 35.3 Å². The Morgan fingerprint density at radius 3 is 2.76 bits per heavy atom. The lowest BCUT2D eigenvalue weighted by atomic mass is 10.0. The van der Waals surface area contributed by atoms with Gasteiger partial charge in [0.15, 0.2) is 0 Å². The highest BCUT2D eigenvalue weighted by Crippen LogP contribution is 2.31. The van der Waals surface area contributed by atoms with Gasteiger partial charge in [0.25, 0.3) is 0 Å². The molecular weight excluding hydrogens is 268 g/mol. The Bertz CT molecular complexity index is 394. The van der Waals surface area contributed by atoms with Crippen molar-refractivity contribution in [2.75, 3.05) is 0 Å². The minimum Gasteiger partial charge on any atom is -0.389 e. The number of thioether (sulfide) groups is 1. The third kappa shape index (κ3) is 3.66. The third-order valence-electron chi connectivity index (χ3n) is 3.06. The first kappa shape index (κ1) is 13.3. The smallest absolute Gasteiger partial charge is 0.116 e. The van der Waals surface area contributed by atoms with Gasteiger partial charge in [-0.05, 0) is 19.8 Å². The maximum Gasteiger partial charge on any atom is 0.116 e. The van der Waals surface area contributed by atoms with Gasteiger partial charge in [0.1, 0.15) is 10.00 Å². The molecule has 2 nitrogen and oxygen atoms in total. The molecule has 5 heteroatoms. The van der Waals surface area contributed by atoms with E-state index in [0.29, 0.717) is 4.99 Å². The molecule has 1 aliphatic rings. The minimum absolute atomic E-state index is 0.480. The van der Waals surface area contributed by atoms with E-state index in [1.807, 2.05) is 18.7 Å². The lowest BCUT2D eigenvalue weighted by Gasteiger charge is -2.20. The molecule has 0 spiro atoms. The largest absolute Gasteiger partial charge is 0.389 e. The molecule has 1 heterocycles. The average Bonchev–Trinajstić information content (AvgIpc) is 2.69. The predicted octanol–water partition coefficient (Wildman–Crippen LogP) is 3.65. The summed E-state index contributed by atoms with van der Waals surface area (Å²) in [4.78, 5) is 6.01. The molecule has 2 rings (SSSR count). The van der Waals surface area contributed by atoms with Crippen molar-refractivity contribution in [2.45, 2.75) is 50.0 Å². The lowest BCUT2D eigenvalue weighted by molar-refractivity contribution is 0.516. The normalized spacial score (nSPS) is 17.2. The van der Waals surface area contributed by atoms with Crippen LogP contribution < -0.4 is 5.73 Å². The quantitative estimate of drug-likeness (QED) is 0.858. The molecule has 0 bridgehead atoms. The Balaban J connectivity index is 1.90. The summed E-state index contributed by atoms with van der Waals surface area (Å²) in [6, 6.07) is 0. The van der Waals surface area contributed by atoms with Gasteiger partial charge in [-0.3, -0.25) is 0 Å². The number of nitrogens with zero attached hydrogens (tertiary/aromatic N) is 1. The van der Waals surface area contributed by atoms with E-state index in [-0.39, 0.29) is 0 Å². The van der Waals surface area contributed by atoms with Crippen molar-refractivity contribution in [2.24, 2.45) is 5.73 Å². The summed E-state index contributed by atoms with van der Waals surface area (Å²) in [5, 5.41) is 2.00. The molecule has 0 aliphatic heterocycles. The molecule has 0 radical (unpaired) electrons. The summed E-state index contributed by atoms with van der Waals surface area (Å²) >= 11 is 8.72. The first-order valence-corrected chi connectivity index (χ1v) is 8.32. The molecule has 1 aromatic rings. The monoisotopic (exact) mass is 286 g/mol. The Morgan fingerprint density at radius 2 is 2.18 bits per heavy atom. The number of aromatic nitrogens is 1. The molecule has 0 atom stereocenters. The van der Waals surface area contributed by atoms with Crippen LogP contribution in [0.4, 0.5) is 0 Å². The summed E-state index contributed by atoms with van der Waals surface area (Å²) in [7, 11) is 0. The summed E-state index contributed by atoms with van der Waals surface area (Å²) in [6.45, 7) is 1.99. The van der Waals surface area contributed by atoms with Crippen LogP contribution in [0.5, 0.6) is 0 Å². The Kier molecular flexibility index (Phi) is 4.82. The molecule has 94 valence electrons. The zero-order valence-corrected chi connectivity index (χ0v) is 12.5. The fraction of sp³-hybridized carbons (Fsp3) is 0.667. The van der Waals surface area contributed by atoms with Gasteiger partial charge in [-0.1, -0.05) is 31.5 Å². The standard InChI is InChI=1S/C12H18N2S3/c1-8-11(12(13)15)17-10(14-8)7-16-9-5-3-2-4-6-9/h9H,2-7H2,1H3,(H2,13,15). The Morgan fingerprint density at radius 1 is 1.47 bits per heavy atom. The van der Waals surface area contributed by atoms with E-state index in [2.05, 4.69) is 4.98 Å². The molecule has 1 fully saturated rings. The highest BCUT2D eigenvalue weighted by Gasteiger charge is 2.15. The molecular formula is C12H18N2S3. The van der Waals surface area contributed by atoms with Crippen LogP contribution in [0.15, 0.2) is 0 Å². The maximum absolute atomic E-state index is 5.66. The summed E-state index contributed by atoms with van der Waals surface area (Å²) in [6.07, 6.45) is 6.95. The molecule has 0 aromatic carbocycles. The van der Waals surface area contributed by atoms with Gasteiger partial charge in [-0.15, -0.1) is 11.3 Å². The summed E-state index contributed by atoms with van der Waals surface area (Å²) in [5.74, 6) is 1.01. The van der Waals surface area contributed by atoms with Crippen molar-refractivity contribution < 1.29 is 0 Å². The van der Waals surface area contributed by atoms with E-state index in [1.54, 1.807) is 11.3 Å². The SMILES string of the molecule is Cc1nc(CSC2CCCCC2)sc1C(N)=S. The van der Waals surface area contributed by atoms with Gasteiger partial charge < -0.3 is 5.73 Å². The Labute approximate surface area is 116 Å². The molecule has 0 amide bonds. The van der Waals surface area contributed by atoms with Crippen molar-refractivity contribution in [1.29, 1.82) is 0 Å². The van der Waals surface area contributed by atoms with Crippen molar-refractivity contribution in [3.05, 3.63) is 15.6 Å². The van der Waals surface area contributed by atoms with Crippen LogP contribution in [0.2, 0.25) is 0 Å². The second-order valence-corrected chi connectivity index (χ2v) is 7.27. The number of hydrogen-bond donors (Lipinski definition) is 1. The van der Waals surface area contributed by atoms with Crippen LogP contribution in [0.25, 0.3) is 0 Å². The molecule has 0 unspecified atom stereocenters. The van der Waals surface area contributed by atoms with Gasteiger partial charge >= 0.3 is 0 Å². The molecule has 2 N–H and O–H groups in total. The van der Waals surface area contributed by atoms with Crippen LogP contribution in [0.3, 0.4) is 0 Å². The van der Waals surface area contributed by atoms with Crippen LogP contribution in [0, 0.1) is 6.92 Å². The summed E-state index contributed by atoms with van der Waals surface area (Å²) in [5.41, 5.74) is 6.65. The van der Waals surface area contributed by atoms with E-state index in [9.17, 15) is 0 Å². The van der Waals surface area contributed by atoms with E-state index in [0.717, 1.165) is 21.6 Å². The second kappa shape index (κ2) is 6.16. The third-order valence-corrected chi connectivity index (χ3v) is 6.15. The van der Waals surface area contributed by atoms with Crippen molar-refractivity contribution in [3.63, 3.8) is 0 Å². The molecule has 1 aromatic heterocycles. The van der Waals surface area contributed by atoms with E-state index < -0.39 is 0 Å². The van der Waals surface area contributed by atoms with Crippen LogP contribution in [0.1, 0.15) is 47.7 Å². The highest BCUT2D eigenvalue weighted by molar-refractivity contribution is 7.99. The number of hydrogen-bond acceptors (Lipinski definition) is 4.